The standard InChI is InChI=1S/C18H25N3O3.ClH/c1-12-18(23)21(15-8-4-5-9-16(15)24-12)11-17(22)20-14-7-3-2-6-13(14)10-19;/h4-5,8-9,12-14H,2-3,6-7,10-11,19H2,1H3,(H,20,22);1H. The van der Waals surface area contributed by atoms with Gasteiger partial charge in [0.2, 0.25) is 5.91 Å². The molecule has 1 aromatic carbocycles. The Hall–Kier alpha value is -1.79. The molecule has 1 aliphatic carbocycles. The number of nitrogens with two attached hydrogens (primary N) is 1. The molecule has 3 N–H and O–H groups in total. The molecule has 2 amide bonds. The fourth-order valence-corrected chi connectivity index (χ4v) is 3.60. The molecule has 3 atom stereocenters. The molecule has 0 radical (unpaired) electrons. The Labute approximate surface area is 154 Å². The van der Waals surface area contributed by atoms with E-state index in [1.165, 1.54) is 11.3 Å². The van der Waals surface area contributed by atoms with Crippen LogP contribution in [0, 0.1) is 5.92 Å². The van der Waals surface area contributed by atoms with E-state index in [1.54, 1.807) is 13.0 Å². The highest BCUT2D eigenvalue weighted by molar-refractivity contribution is 6.03. The van der Waals surface area contributed by atoms with Crippen LogP contribution in [0.4, 0.5) is 5.69 Å². The zero-order valence-electron chi connectivity index (χ0n) is 14.4. The number of hydrogen-bond acceptors (Lipinski definition) is 4. The van der Waals surface area contributed by atoms with Crippen molar-refractivity contribution in [1.82, 2.24) is 5.32 Å². The average Bonchev–Trinajstić information content (AvgIpc) is 2.59. The molecule has 1 aliphatic heterocycles. The maximum Gasteiger partial charge on any atom is 0.268 e. The lowest BCUT2D eigenvalue weighted by molar-refractivity contribution is -0.128. The SMILES string of the molecule is CC1Oc2ccccc2N(CC(=O)NC2CCCCC2CN)C1=O.Cl. The van der Waals surface area contributed by atoms with E-state index in [-0.39, 0.29) is 36.8 Å². The Bertz CT molecular complexity index is 625. The second-order valence-corrected chi connectivity index (χ2v) is 6.61. The van der Waals surface area contributed by atoms with Crippen LogP contribution in [-0.2, 0) is 9.59 Å². The van der Waals surface area contributed by atoms with Crippen molar-refractivity contribution in [1.29, 1.82) is 0 Å². The lowest BCUT2D eigenvalue weighted by Gasteiger charge is -2.34. The minimum atomic E-state index is -0.584. The molecular weight excluding hydrogens is 342 g/mol. The number of fused-ring (bicyclic) bond motifs is 1. The van der Waals surface area contributed by atoms with Gasteiger partial charge in [-0.05, 0) is 44.4 Å². The minimum absolute atomic E-state index is 0. The van der Waals surface area contributed by atoms with Gasteiger partial charge in [-0.2, -0.15) is 0 Å². The van der Waals surface area contributed by atoms with Crippen molar-refractivity contribution in [2.24, 2.45) is 11.7 Å². The van der Waals surface area contributed by atoms with E-state index in [4.69, 9.17) is 10.5 Å². The van der Waals surface area contributed by atoms with Gasteiger partial charge >= 0.3 is 0 Å². The van der Waals surface area contributed by atoms with Crippen molar-refractivity contribution in [3.63, 3.8) is 0 Å². The average molecular weight is 368 g/mol. The van der Waals surface area contributed by atoms with Gasteiger partial charge in [0.25, 0.3) is 5.91 Å². The fourth-order valence-electron chi connectivity index (χ4n) is 3.60. The topological polar surface area (TPSA) is 84.7 Å². The number of hydrogen-bond donors (Lipinski definition) is 2. The predicted molar refractivity (Wildman–Crippen MR) is 99.1 cm³/mol. The lowest BCUT2D eigenvalue weighted by Crippen LogP contribution is -2.52. The van der Waals surface area contributed by atoms with Crippen LogP contribution in [0.3, 0.4) is 0 Å². The number of halogens is 1. The van der Waals surface area contributed by atoms with Crippen molar-refractivity contribution in [2.75, 3.05) is 18.0 Å². The summed E-state index contributed by atoms with van der Waals surface area (Å²) in [6.45, 7) is 2.30. The van der Waals surface area contributed by atoms with Gasteiger partial charge in [0.05, 0.1) is 5.69 Å². The molecule has 1 heterocycles. The number of carbonyl (C=O) groups excluding carboxylic acids is 2. The van der Waals surface area contributed by atoms with Crippen LogP contribution in [-0.4, -0.2) is 37.0 Å². The Kier molecular flexibility index (Phi) is 6.67. The maximum absolute atomic E-state index is 12.5. The zero-order chi connectivity index (χ0) is 17.1. The summed E-state index contributed by atoms with van der Waals surface area (Å²) in [5.41, 5.74) is 6.47. The number of nitrogens with one attached hydrogen (secondary N) is 1. The van der Waals surface area contributed by atoms with Crippen molar-refractivity contribution in [3.8, 4) is 5.75 Å². The van der Waals surface area contributed by atoms with E-state index in [0.29, 0.717) is 23.9 Å². The van der Waals surface area contributed by atoms with Gasteiger partial charge in [-0.3, -0.25) is 14.5 Å². The summed E-state index contributed by atoms with van der Waals surface area (Å²) in [7, 11) is 0. The molecule has 1 aromatic rings. The molecule has 0 spiro atoms. The molecule has 25 heavy (non-hydrogen) atoms. The quantitative estimate of drug-likeness (QED) is 0.850. The van der Waals surface area contributed by atoms with Gasteiger partial charge < -0.3 is 15.8 Å². The first-order chi connectivity index (χ1) is 11.6. The highest BCUT2D eigenvalue weighted by Gasteiger charge is 2.33. The molecule has 138 valence electrons. The Morgan fingerprint density at radius 3 is 2.80 bits per heavy atom. The summed E-state index contributed by atoms with van der Waals surface area (Å²) in [5.74, 6) is 0.629. The molecule has 1 saturated carbocycles. The fraction of sp³-hybridized carbons (Fsp3) is 0.556. The van der Waals surface area contributed by atoms with Crippen LogP contribution in [0.1, 0.15) is 32.6 Å². The van der Waals surface area contributed by atoms with E-state index in [1.807, 2.05) is 18.2 Å². The Balaban J connectivity index is 0.00000225. The predicted octanol–water partition coefficient (Wildman–Crippen LogP) is 1.86. The number of carbonyl (C=O) groups is 2. The summed E-state index contributed by atoms with van der Waals surface area (Å²) in [5, 5.41) is 3.08. The van der Waals surface area contributed by atoms with Crippen LogP contribution < -0.4 is 20.7 Å². The van der Waals surface area contributed by atoms with Crippen molar-refractivity contribution < 1.29 is 14.3 Å². The van der Waals surface area contributed by atoms with E-state index < -0.39 is 6.10 Å². The van der Waals surface area contributed by atoms with Gasteiger partial charge in [0.1, 0.15) is 12.3 Å². The van der Waals surface area contributed by atoms with Crippen molar-refractivity contribution >= 4 is 29.9 Å². The second-order valence-electron chi connectivity index (χ2n) is 6.61. The third kappa shape index (κ3) is 4.25. The molecule has 0 saturated heterocycles. The van der Waals surface area contributed by atoms with Gasteiger partial charge in [-0.1, -0.05) is 25.0 Å². The molecule has 3 unspecified atom stereocenters. The van der Waals surface area contributed by atoms with Gasteiger partial charge in [0.15, 0.2) is 6.10 Å². The van der Waals surface area contributed by atoms with Gasteiger partial charge in [0, 0.05) is 6.04 Å². The lowest BCUT2D eigenvalue weighted by atomic mass is 9.84. The molecule has 3 rings (SSSR count). The number of para-hydroxylation sites is 2. The third-order valence-corrected chi connectivity index (χ3v) is 4.93. The highest BCUT2D eigenvalue weighted by atomic mass is 35.5. The summed E-state index contributed by atoms with van der Waals surface area (Å²) in [6.07, 6.45) is 3.70. The number of nitrogens with zero attached hydrogens (tertiary/aromatic N) is 1. The van der Waals surface area contributed by atoms with E-state index in [2.05, 4.69) is 5.32 Å². The number of benzene rings is 1. The first-order valence-electron chi connectivity index (χ1n) is 8.66. The largest absolute Gasteiger partial charge is 0.479 e. The van der Waals surface area contributed by atoms with Crippen LogP contribution in [0.15, 0.2) is 24.3 Å². The number of rotatable bonds is 4. The monoisotopic (exact) mass is 367 g/mol. The summed E-state index contributed by atoms with van der Waals surface area (Å²) in [4.78, 5) is 26.5. The van der Waals surface area contributed by atoms with Gasteiger partial charge in [-0.15, -0.1) is 12.4 Å². The summed E-state index contributed by atoms with van der Waals surface area (Å²) < 4.78 is 5.60. The van der Waals surface area contributed by atoms with E-state index in [0.717, 1.165) is 19.3 Å². The molecule has 7 heteroatoms. The zero-order valence-corrected chi connectivity index (χ0v) is 15.3. The highest BCUT2D eigenvalue weighted by Crippen LogP contribution is 2.33. The summed E-state index contributed by atoms with van der Waals surface area (Å²) in [6, 6.07) is 7.42. The number of anilines is 1. The molecule has 0 bridgehead atoms. The van der Waals surface area contributed by atoms with Gasteiger partial charge in [-0.25, -0.2) is 0 Å². The first kappa shape index (κ1) is 19.5. The Morgan fingerprint density at radius 2 is 2.04 bits per heavy atom. The maximum atomic E-state index is 12.5. The van der Waals surface area contributed by atoms with Crippen LogP contribution in [0.25, 0.3) is 0 Å². The third-order valence-electron chi connectivity index (χ3n) is 4.93. The minimum Gasteiger partial charge on any atom is -0.479 e. The second kappa shape index (κ2) is 8.54. The van der Waals surface area contributed by atoms with E-state index >= 15 is 0 Å². The first-order valence-corrected chi connectivity index (χ1v) is 8.66. The van der Waals surface area contributed by atoms with Crippen LogP contribution >= 0.6 is 12.4 Å². The summed E-state index contributed by atoms with van der Waals surface area (Å²) >= 11 is 0. The number of ether oxygens (including phenoxy) is 1. The molecular formula is C18H26ClN3O3. The van der Waals surface area contributed by atoms with Crippen molar-refractivity contribution in [3.05, 3.63) is 24.3 Å². The molecule has 1 fully saturated rings. The van der Waals surface area contributed by atoms with Crippen LogP contribution in [0.2, 0.25) is 0 Å². The van der Waals surface area contributed by atoms with Crippen LogP contribution in [0.5, 0.6) is 5.75 Å². The molecule has 6 nitrogen and oxygen atoms in total. The normalized spacial score (nSPS) is 25.4. The molecule has 0 aromatic heterocycles. The van der Waals surface area contributed by atoms with E-state index in [9.17, 15) is 9.59 Å². The molecule has 2 aliphatic rings. The Morgan fingerprint density at radius 1 is 1.32 bits per heavy atom. The number of amides is 2. The smallest absolute Gasteiger partial charge is 0.268 e. The van der Waals surface area contributed by atoms with Crippen molar-refractivity contribution in [2.45, 2.75) is 44.8 Å².